The maximum atomic E-state index is 12.4. The van der Waals surface area contributed by atoms with Crippen molar-refractivity contribution >= 4 is 15.9 Å². The van der Waals surface area contributed by atoms with Crippen LogP contribution in [0.25, 0.3) is 0 Å². The molecule has 0 spiro atoms. The molecule has 0 heterocycles. The Bertz CT molecular complexity index is 658. The molecule has 2 unspecified atom stereocenters. The molecule has 1 saturated carbocycles. The number of amides is 1. The molecule has 0 saturated heterocycles. The standard InChI is InChI=1S/C16H25N3O3S/c1-11(2)19-23(21,22)14-7-3-5-12(9-14)16(20)18-15-8-4-6-13(15)10-17/h3,5,7,9,11,13,15,19H,4,6,8,10,17H2,1-2H3,(H,18,20). The van der Waals surface area contributed by atoms with E-state index in [-0.39, 0.29) is 22.9 Å². The first-order chi connectivity index (χ1) is 10.8. The molecule has 1 aromatic carbocycles. The fourth-order valence-electron chi connectivity index (χ4n) is 2.94. The molecule has 1 aromatic rings. The smallest absolute Gasteiger partial charge is 0.251 e. The van der Waals surface area contributed by atoms with Crippen molar-refractivity contribution in [2.75, 3.05) is 6.54 Å². The number of hydrogen-bond acceptors (Lipinski definition) is 4. The Balaban J connectivity index is 2.14. The summed E-state index contributed by atoms with van der Waals surface area (Å²) in [6.07, 6.45) is 2.99. The van der Waals surface area contributed by atoms with Gasteiger partial charge in [-0.05, 0) is 57.4 Å². The lowest BCUT2D eigenvalue weighted by Crippen LogP contribution is -2.40. The Morgan fingerprint density at radius 1 is 1.35 bits per heavy atom. The number of carbonyl (C=O) groups excluding carboxylic acids is 1. The highest BCUT2D eigenvalue weighted by Crippen LogP contribution is 2.25. The molecule has 0 bridgehead atoms. The molecule has 0 radical (unpaired) electrons. The zero-order valence-corrected chi connectivity index (χ0v) is 14.4. The quantitative estimate of drug-likeness (QED) is 0.725. The van der Waals surface area contributed by atoms with Crippen LogP contribution in [0.4, 0.5) is 0 Å². The molecule has 4 N–H and O–H groups in total. The van der Waals surface area contributed by atoms with E-state index in [9.17, 15) is 13.2 Å². The molecule has 0 aromatic heterocycles. The number of carbonyl (C=O) groups is 1. The molecule has 6 nitrogen and oxygen atoms in total. The van der Waals surface area contributed by atoms with Gasteiger partial charge in [-0.15, -0.1) is 0 Å². The zero-order valence-electron chi connectivity index (χ0n) is 13.6. The molecule has 128 valence electrons. The Kier molecular flexibility index (Phi) is 5.78. The van der Waals surface area contributed by atoms with E-state index in [0.717, 1.165) is 19.3 Å². The van der Waals surface area contributed by atoms with Crippen LogP contribution in [-0.2, 0) is 10.0 Å². The van der Waals surface area contributed by atoms with Gasteiger partial charge in [-0.1, -0.05) is 12.5 Å². The van der Waals surface area contributed by atoms with Crippen molar-refractivity contribution in [3.63, 3.8) is 0 Å². The van der Waals surface area contributed by atoms with Gasteiger partial charge in [0.05, 0.1) is 4.90 Å². The molecule has 23 heavy (non-hydrogen) atoms. The summed E-state index contributed by atoms with van der Waals surface area (Å²) >= 11 is 0. The Labute approximate surface area is 137 Å². The van der Waals surface area contributed by atoms with E-state index in [1.165, 1.54) is 12.1 Å². The third-order valence-corrected chi connectivity index (χ3v) is 5.73. The van der Waals surface area contributed by atoms with Crippen molar-refractivity contribution in [2.24, 2.45) is 11.7 Å². The molecule has 1 amide bonds. The topological polar surface area (TPSA) is 101 Å². The number of hydrogen-bond donors (Lipinski definition) is 3. The van der Waals surface area contributed by atoms with Gasteiger partial charge in [-0.25, -0.2) is 13.1 Å². The van der Waals surface area contributed by atoms with E-state index in [4.69, 9.17) is 5.73 Å². The summed E-state index contributed by atoms with van der Waals surface area (Å²) < 4.78 is 26.9. The van der Waals surface area contributed by atoms with E-state index >= 15 is 0 Å². The molecule has 2 atom stereocenters. The maximum absolute atomic E-state index is 12.4. The number of nitrogens with two attached hydrogens (primary N) is 1. The summed E-state index contributed by atoms with van der Waals surface area (Å²) in [5.41, 5.74) is 6.07. The van der Waals surface area contributed by atoms with Crippen LogP contribution in [-0.4, -0.2) is 33.0 Å². The van der Waals surface area contributed by atoms with Crippen LogP contribution in [0, 0.1) is 5.92 Å². The fourth-order valence-corrected chi connectivity index (χ4v) is 4.24. The first-order valence-corrected chi connectivity index (χ1v) is 9.45. The van der Waals surface area contributed by atoms with Crippen molar-refractivity contribution in [2.45, 2.75) is 50.1 Å². The van der Waals surface area contributed by atoms with Gasteiger partial charge in [0.2, 0.25) is 10.0 Å². The Morgan fingerprint density at radius 2 is 2.09 bits per heavy atom. The highest BCUT2D eigenvalue weighted by atomic mass is 32.2. The maximum Gasteiger partial charge on any atom is 0.251 e. The first-order valence-electron chi connectivity index (χ1n) is 7.97. The van der Waals surface area contributed by atoms with Crippen LogP contribution in [0.5, 0.6) is 0 Å². The number of benzene rings is 1. The number of nitrogens with one attached hydrogen (secondary N) is 2. The molecular formula is C16H25N3O3S. The average molecular weight is 339 g/mol. The highest BCUT2D eigenvalue weighted by molar-refractivity contribution is 7.89. The summed E-state index contributed by atoms with van der Waals surface area (Å²) in [4.78, 5) is 12.5. The summed E-state index contributed by atoms with van der Waals surface area (Å²) in [7, 11) is -3.61. The average Bonchev–Trinajstić information content (AvgIpc) is 2.93. The van der Waals surface area contributed by atoms with Crippen LogP contribution >= 0.6 is 0 Å². The Morgan fingerprint density at radius 3 is 2.74 bits per heavy atom. The molecular weight excluding hydrogens is 314 g/mol. The summed E-state index contributed by atoms with van der Waals surface area (Å²) in [6.45, 7) is 4.06. The predicted molar refractivity (Wildman–Crippen MR) is 89.5 cm³/mol. The van der Waals surface area contributed by atoms with Gasteiger partial charge in [0.1, 0.15) is 0 Å². The van der Waals surface area contributed by atoms with Gasteiger partial charge in [0.15, 0.2) is 0 Å². The van der Waals surface area contributed by atoms with Crippen LogP contribution in [0.2, 0.25) is 0 Å². The summed E-state index contributed by atoms with van der Waals surface area (Å²) in [6, 6.07) is 5.96. The van der Waals surface area contributed by atoms with Crippen molar-refractivity contribution in [3.05, 3.63) is 29.8 Å². The molecule has 1 aliphatic rings. The SMILES string of the molecule is CC(C)NS(=O)(=O)c1cccc(C(=O)NC2CCCC2CN)c1. The normalized spacial score (nSPS) is 21.6. The van der Waals surface area contributed by atoms with Gasteiger partial charge in [0.25, 0.3) is 5.91 Å². The third-order valence-electron chi connectivity index (χ3n) is 4.08. The largest absolute Gasteiger partial charge is 0.349 e. The third kappa shape index (κ3) is 4.53. The van der Waals surface area contributed by atoms with Gasteiger partial charge in [-0.3, -0.25) is 4.79 Å². The second kappa shape index (κ2) is 7.42. The highest BCUT2D eigenvalue weighted by Gasteiger charge is 2.28. The van der Waals surface area contributed by atoms with Crippen molar-refractivity contribution < 1.29 is 13.2 Å². The van der Waals surface area contributed by atoms with Gasteiger partial charge >= 0.3 is 0 Å². The molecule has 0 aliphatic heterocycles. The van der Waals surface area contributed by atoms with Gasteiger partial charge in [-0.2, -0.15) is 0 Å². The number of sulfonamides is 1. The van der Waals surface area contributed by atoms with E-state index in [1.54, 1.807) is 26.0 Å². The van der Waals surface area contributed by atoms with E-state index in [2.05, 4.69) is 10.0 Å². The summed E-state index contributed by atoms with van der Waals surface area (Å²) in [5, 5.41) is 2.98. The van der Waals surface area contributed by atoms with Crippen LogP contribution in [0.1, 0.15) is 43.5 Å². The molecule has 1 aliphatic carbocycles. The molecule has 2 rings (SSSR count). The molecule has 1 fully saturated rings. The second-order valence-electron chi connectivity index (χ2n) is 6.31. The zero-order chi connectivity index (χ0) is 17.0. The van der Waals surface area contributed by atoms with E-state index < -0.39 is 10.0 Å². The van der Waals surface area contributed by atoms with E-state index in [1.807, 2.05) is 0 Å². The van der Waals surface area contributed by atoms with Crippen LogP contribution in [0.3, 0.4) is 0 Å². The van der Waals surface area contributed by atoms with Crippen molar-refractivity contribution in [1.29, 1.82) is 0 Å². The minimum absolute atomic E-state index is 0.0709. The second-order valence-corrected chi connectivity index (χ2v) is 8.02. The lowest BCUT2D eigenvalue weighted by Gasteiger charge is -2.19. The minimum Gasteiger partial charge on any atom is -0.349 e. The predicted octanol–water partition coefficient (Wildman–Crippen LogP) is 1.23. The van der Waals surface area contributed by atoms with Gasteiger partial charge < -0.3 is 11.1 Å². The summed E-state index contributed by atoms with van der Waals surface area (Å²) in [5.74, 6) is 0.0467. The first kappa shape index (κ1) is 17.9. The molecule has 7 heteroatoms. The van der Waals surface area contributed by atoms with Crippen molar-refractivity contribution in [3.8, 4) is 0 Å². The monoisotopic (exact) mass is 339 g/mol. The fraction of sp³-hybridized carbons (Fsp3) is 0.562. The lowest BCUT2D eigenvalue weighted by molar-refractivity contribution is 0.0928. The number of rotatable bonds is 6. The van der Waals surface area contributed by atoms with Gasteiger partial charge in [0, 0.05) is 17.6 Å². The van der Waals surface area contributed by atoms with Crippen molar-refractivity contribution in [1.82, 2.24) is 10.0 Å². The minimum atomic E-state index is -3.61. The van der Waals surface area contributed by atoms with E-state index in [0.29, 0.717) is 18.0 Å². The van der Waals surface area contributed by atoms with Crippen LogP contribution in [0.15, 0.2) is 29.2 Å². The Hall–Kier alpha value is -1.44. The lowest BCUT2D eigenvalue weighted by atomic mass is 10.0. The van der Waals surface area contributed by atoms with Crippen LogP contribution < -0.4 is 15.8 Å².